The Morgan fingerprint density at radius 2 is 1.19 bits per heavy atom. The molecule has 0 saturated carbocycles. The van der Waals surface area contributed by atoms with Gasteiger partial charge >= 0.3 is 5.97 Å². The molecule has 0 fully saturated rings. The number of carbonyl (C=O) groups excluding carboxylic acids is 1. The second-order valence-corrected chi connectivity index (χ2v) is 12.8. The van der Waals surface area contributed by atoms with E-state index in [0.717, 1.165) is 13.0 Å². The van der Waals surface area contributed by atoms with Crippen molar-refractivity contribution in [3.8, 4) is 0 Å². The molecule has 4 heteroatoms. The number of hydrogen-bond donors (Lipinski definition) is 0. The average molecular weight is 401 g/mol. The van der Waals surface area contributed by atoms with Crippen LogP contribution in [0.25, 0.3) is 0 Å². The van der Waals surface area contributed by atoms with Gasteiger partial charge in [-0.15, -0.1) is 0 Å². The van der Waals surface area contributed by atoms with Crippen LogP contribution in [0.2, 0.25) is 19.1 Å². The summed E-state index contributed by atoms with van der Waals surface area (Å²) in [7, 11) is -1.36. The summed E-state index contributed by atoms with van der Waals surface area (Å²) < 4.78 is 11.1. The number of unbranched alkanes of at least 4 members (excludes halogenated alkanes) is 12. The van der Waals surface area contributed by atoms with E-state index in [1.807, 2.05) is 6.92 Å². The minimum Gasteiger partial charge on any atom is -0.466 e. The van der Waals surface area contributed by atoms with Gasteiger partial charge in [-0.2, -0.15) is 0 Å². The highest BCUT2D eigenvalue weighted by atomic mass is 28.4. The Balaban J connectivity index is 3.20. The lowest BCUT2D eigenvalue weighted by Crippen LogP contribution is -2.30. The van der Waals surface area contributed by atoms with Gasteiger partial charge in [0.2, 0.25) is 0 Å². The highest BCUT2D eigenvalue weighted by Gasteiger charge is 2.20. The Labute approximate surface area is 171 Å². The van der Waals surface area contributed by atoms with Crippen LogP contribution < -0.4 is 0 Å². The van der Waals surface area contributed by atoms with Crippen LogP contribution >= 0.6 is 0 Å². The highest BCUT2D eigenvalue weighted by Crippen LogP contribution is 2.16. The maximum Gasteiger partial charge on any atom is 0.305 e. The number of carbonyl (C=O) groups is 1. The largest absolute Gasteiger partial charge is 0.466 e. The van der Waals surface area contributed by atoms with E-state index in [1.165, 1.54) is 89.5 Å². The first kappa shape index (κ1) is 26.6. The zero-order valence-corrected chi connectivity index (χ0v) is 20.0. The molecule has 0 amide bonds. The molecule has 0 bridgehead atoms. The molecule has 0 rings (SSSR count). The van der Waals surface area contributed by atoms with E-state index >= 15 is 0 Å². The van der Waals surface area contributed by atoms with Crippen molar-refractivity contribution in [3.05, 3.63) is 0 Å². The quantitative estimate of drug-likeness (QED) is 0.120. The number of rotatable bonds is 20. The summed E-state index contributed by atoms with van der Waals surface area (Å²) in [5, 5.41) is 0. The molecular weight excluding hydrogens is 352 g/mol. The summed E-state index contributed by atoms with van der Waals surface area (Å²) >= 11 is 0. The lowest BCUT2D eigenvalue weighted by Gasteiger charge is -2.22. The molecule has 27 heavy (non-hydrogen) atoms. The lowest BCUT2D eigenvalue weighted by atomic mass is 10.0. The Morgan fingerprint density at radius 1 is 0.704 bits per heavy atom. The van der Waals surface area contributed by atoms with Crippen LogP contribution in [-0.2, 0) is 14.0 Å². The van der Waals surface area contributed by atoms with Gasteiger partial charge < -0.3 is 9.16 Å². The van der Waals surface area contributed by atoms with Crippen LogP contribution in [0.4, 0.5) is 0 Å². The Kier molecular flexibility index (Phi) is 18.7. The number of ether oxygens (including phenoxy) is 1. The maximum absolute atomic E-state index is 11.2. The summed E-state index contributed by atoms with van der Waals surface area (Å²) in [5.74, 6) is -0.0358. The van der Waals surface area contributed by atoms with Crippen molar-refractivity contribution < 1.29 is 14.0 Å². The predicted octanol–water partition coefficient (Wildman–Crippen LogP) is 7.64. The molecule has 0 N–H and O–H groups in total. The molecule has 0 spiro atoms. The zero-order chi connectivity index (χ0) is 20.2. The monoisotopic (exact) mass is 400 g/mol. The molecule has 162 valence electrons. The SMILES string of the molecule is CCCC[Si](C)(C)OCCCCCCCCCCCCCCC(=O)OCC. The van der Waals surface area contributed by atoms with Gasteiger partial charge in [-0.3, -0.25) is 4.79 Å². The minimum absolute atomic E-state index is 0.0358. The third-order valence-electron chi connectivity index (χ3n) is 5.21. The summed E-state index contributed by atoms with van der Waals surface area (Å²) in [6.45, 7) is 10.3. The summed E-state index contributed by atoms with van der Waals surface area (Å²) in [6, 6.07) is 1.31. The molecule has 3 nitrogen and oxygen atoms in total. The normalized spacial score (nSPS) is 11.7. The topological polar surface area (TPSA) is 35.5 Å². The van der Waals surface area contributed by atoms with Crippen LogP contribution in [-0.4, -0.2) is 27.5 Å². The molecule has 0 saturated heterocycles. The molecule has 0 aliphatic carbocycles. The van der Waals surface area contributed by atoms with Gasteiger partial charge in [0.25, 0.3) is 0 Å². The van der Waals surface area contributed by atoms with Crippen LogP contribution in [0.5, 0.6) is 0 Å². The fraction of sp³-hybridized carbons (Fsp3) is 0.957. The van der Waals surface area contributed by atoms with Gasteiger partial charge in [-0.05, 0) is 38.9 Å². The van der Waals surface area contributed by atoms with Crippen molar-refractivity contribution in [2.24, 2.45) is 0 Å². The second-order valence-electron chi connectivity index (χ2n) is 8.51. The molecule has 0 unspecified atom stereocenters. The number of hydrogen-bond acceptors (Lipinski definition) is 3. The Hall–Kier alpha value is -0.353. The smallest absolute Gasteiger partial charge is 0.305 e. The van der Waals surface area contributed by atoms with Crippen molar-refractivity contribution in [2.45, 2.75) is 129 Å². The summed E-state index contributed by atoms with van der Waals surface area (Å²) in [4.78, 5) is 11.2. The summed E-state index contributed by atoms with van der Waals surface area (Å²) in [5.41, 5.74) is 0. The fourth-order valence-corrected chi connectivity index (χ4v) is 5.44. The molecular formula is C23H48O3Si. The first-order valence-electron chi connectivity index (χ1n) is 11.8. The highest BCUT2D eigenvalue weighted by molar-refractivity contribution is 6.71. The average Bonchev–Trinajstić information content (AvgIpc) is 2.63. The van der Waals surface area contributed by atoms with E-state index < -0.39 is 8.32 Å². The zero-order valence-electron chi connectivity index (χ0n) is 19.0. The van der Waals surface area contributed by atoms with Crippen molar-refractivity contribution in [1.29, 1.82) is 0 Å². The molecule has 0 heterocycles. The maximum atomic E-state index is 11.2. The van der Waals surface area contributed by atoms with Gasteiger partial charge in [0.1, 0.15) is 0 Å². The van der Waals surface area contributed by atoms with Crippen molar-refractivity contribution in [1.82, 2.24) is 0 Å². The third kappa shape index (κ3) is 20.2. The van der Waals surface area contributed by atoms with Crippen LogP contribution in [0.1, 0.15) is 110 Å². The summed E-state index contributed by atoms with van der Waals surface area (Å²) in [6.07, 6.45) is 18.8. The lowest BCUT2D eigenvalue weighted by molar-refractivity contribution is -0.143. The first-order chi connectivity index (χ1) is 13.0. The van der Waals surface area contributed by atoms with E-state index in [1.54, 1.807) is 0 Å². The van der Waals surface area contributed by atoms with E-state index in [-0.39, 0.29) is 5.97 Å². The fourth-order valence-electron chi connectivity index (χ4n) is 3.40. The van der Waals surface area contributed by atoms with E-state index in [9.17, 15) is 4.79 Å². The molecule has 0 radical (unpaired) electrons. The van der Waals surface area contributed by atoms with Gasteiger partial charge in [0, 0.05) is 13.0 Å². The molecule has 0 aliphatic heterocycles. The Morgan fingerprint density at radius 3 is 1.67 bits per heavy atom. The van der Waals surface area contributed by atoms with Crippen molar-refractivity contribution in [2.75, 3.05) is 13.2 Å². The number of esters is 1. The van der Waals surface area contributed by atoms with Gasteiger partial charge in [-0.25, -0.2) is 0 Å². The Bertz CT molecular complexity index is 332. The van der Waals surface area contributed by atoms with E-state index in [0.29, 0.717) is 13.0 Å². The van der Waals surface area contributed by atoms with Gasteiger partial charge in [-0.1, -0.05) is 84.0 Å². The molecule has 0 aromatic heterocycles. The molecule has 0 atom stereocenters. The van der Waals surface area contributed by atoms with Gasteiger partial charge in [0.05, 0.1) is 6.61 Å². The standard InChI is InChI=1S/C23H48O3Si/c1-5-7-22-27(3,4)26-21-19-17-15-13-11-9-8-10-12-14-16-18-20-23(24)25-6-2/h5-22H2,1-4H3. The van der Waals surface area contributed by atoms with E-state index in [2.05, 4.69) is 20.0 Å². The second kappa shape index (κ2) is 19.0. The van der Waals surface area contributed by atoms with E-state index in [4.69, 9.17) is 9.16 Å². The third-order valence-corrected chi connectivity index (χ3v) is 7.75. The predicted molar refractivity (Wildman–Crippen MR) is 120 cm³/mol. The molecule has 0 aromatic carbocycles. The molecule has 0 aliphatic rings. The first-order valence-corrected chi connectivity index (χ1v) is 14.9. The van der Waals surface area contributed by atoms with Crippen molar-refractivity contribution >= 4 is 14.3 Å². The van der Waals surface area contributed by atoms with Crippen LogP contribution in [0, 0.1) is 0 Å². The van der Waals surface area contributed by atoms with Gasteiger partial charge in [0.15, 0.2) is 8.32 Å². The van der Waals surface area contributed by atoms with Crippen LogP contribution in [0.3, 0.4) is 0 Å². The minimum atomic E-state index is -1.36. The van der Waals surface area contributed by atoms with Crippen LogP contribution in [0.15, 0.2) is 0 Å². The molecule has 0 aromatic rings. The van der Waals surface area contributed by atoms with Crippen molar-refractivity contribution in [3.63, 3.8) is 0 Å².